The number of Topliss-reactive ketones (excluding diaryl/α,β-unsaturated/α-hetero) is 1. The fourth-order valence-electron chi connectivity index (χ4n) is 7.68. The van der Waals surface area contributed by atoms with Gasteiger partial charge < -0.3 is 9.84 Å². The molecule has 2 fully saturated rings. The molecule has 3 aliphatic rings. The predicted octanol–water partition coefficient (Wildman–Crippen LogP) is 8.79. The lowest BCUT2D eigenvalue weighted by Gasteiger charge is -2.49. The van der Waals surface area contributed by atoms with Crippen LogP contribution in [0.1, 0.15) is 82.3 Å². The van der Waals surface area contributed by atoms with Crippen LogP contribution in [0, 0.1) is 11.8 Å². The first-order valence-electron chi connectivity index (χ1n) is 14.2. The third kappa shape index (κ3) is 4.37. The molecule has 0 aromatic heterocycles. The van der Waals surface area contributed by atoms with Crippen molar-refractivity contribution in [1.29, 1.82) is 0 Å². The average molecular weight is 495 g/mol. The van der Waals surface area contributed by atoms with Crippen molar-refractivity contribution in [2.24, 2.45) is 11.8 Å². The molecule has 6 rings (SSSR count). The summed E-state index contributed by atoms with van der Waals surface area (Å²) in [5, 5.41) is 12.6. The number of allylic oxidation sites excluding steroid dienone is 2. The van der Waals surface area contributed by atoms with Gasteiger partial charge in [-0.25, -0.2) is 0 Å². The standard InChI is InChI=1S/C34H38O3/c1-3-22-16-23-6-5-15-34(20-22,21-23)29-19-27(13-14-32(29)37-2)25-9-10-26-18-28(12-11-24(26)17-25)33-30(35)7-4-8-31(33)36/h9-14,17-19,22-23,35H,3-8,15-16,20-21H2,1-2H3. The molecular weight excluding hydrogens is 456 g/mol. The zero-order valence-electron chi connectivity index (χ0n) is 22.2. The Morgan fingerprint density at radius 2 is 1.65 bits per heavy atom. The van der Waals surface area contributed by atoms with E-state index in [1.54, 1.807) is 0 Å². The third-order valence-electron chi connectivity index (χ3n) is 9.49. The minimum atomic E-state index is 0.0443. The van der Waals surface area contributed by atoms with E-state index in [0.29, 0.717) is 18.4 Å². The van der Waals surface area contributed by atoms with Gasteiger partial charge in [-0.05, 0) is 101 Å². The second-order valence-electron chi connectivity index (χ2n) is 11.7. The Morgan fingerprint density at radius 1 is 0.919 bits per heavy atom. The van der Waals surface area contributed by atoms with Crippen LogP contribution in [0.15, 0.2) is 60.4 Å². The zero-order valence-corrected chi connectivity index (χ0v) is 22.2. The van der Waals surface area contributed by atoms with Crippen molar-refractivity contribution in [2.45, 2.75) is 76.5 Å². The van der Waals surface area contributed by atoms with Gasteiger partial charge >= 0.3 is 0 Å². The molecule has 3 nitrogen and oxygen atoms in total. The summed E-state index contributed by atoms with van der Waals surface area (Å²) in [4.78, 5) is 12.5. The molecule has 3 aromatic carbocycles. The van der Waals surface area contributed by atoms with E-state index in [-0.39, 0.29) is 17.0 Å². The summed E-state index contributed by atoms with van der Waals surface area (Å²) in [6, 6.07) is 19.5. The molecule has 3 atom stereocenters. The van der Waals surface area contributed by atoms with E-state index in [1.165, 1.54) is 61.6 Å². The number of fused-ring (bicyclic) bond motifs is 3. The van der Waals surface area contributed by atoms with Crippen molar-refractivity contribution in [3.05, 3.63) is 71.5 Å². The Kier molecular flexibility index (Phi) is 6.34. The van der Waals surface area contributed by atoms with E-state index in [0.717, 1.165) is 40.3 Å². The van der Waals surface area contributed by atoms with Crippen molar-refractivity contribution < 1.29 is 14.6 Å². The van der Waals surface area contributed by atoms with E-state index < -0.39 is 0 Å². The van der Waals surface area contributed by atoms with Gasteiger partial charge in [0.15, 0.2) is 5.78 Å². The van der Waals surface area contributed by atoms with E-state index in [2.05, 4.69) is 49.4 Å². The normalized spacial score (nSPS) is 25.9. The number of rotatable bonds is 5. The maximum absolute atomic E-state index is 12.5. The van der Waals surface area contributed by atoms with E-state index in [4.69, 9.17) is 4.74 Å². The molecular formula is C34H38O3. The van der Waals surface area contributed by atoms with Crippen LogP contribution < -0.4 is 4.74 Å². The summed E-state index contributed by atoms with van der Waals surface area (Å²) in [6.45, 7) is 2.36. The second kappa shape index (κ2) is 9.67. The number of carbonyl (C=O) groups excluding carboxylic acids is 1. The first kappa shape index (κ1) is 24.3. The van der Waals surface area contributed by atoms with E-state index in [1.807, 2.05) is 19.2 Å². The molecule has 37 heavy (non-hydrogen) atoms. The molecule has 3 heteroatoms. The highest BCUT2D eigenvalue weighted by atomic mass is 16.5. The monoisotopic (exact) mass is 494 g/mol. The lowest BCUT2D eigenvalue weighted by Crippen LogP contribution is -2.40. The Hall–Kier alpha value is -3.07. The summed E-state index contributed by atoms with van der Waals surface area (Å²) < 4.78 is 5.95. The van der Waals surface area contributed by atoms with Gasteiger partial charge in [0.05, 0.1) is 12.7 Å². The Labute approximate surface area is 220 Å². The zero-order chi connectivity index (χ0) is 25.6. The van der Waals surface area contributed by atoms with Crippen LogP contribution in [0.25, 0.3) is 27.5 Å². The van der Waals surface area contributed by atoms with Crippen molar-refractivity contribution in [3.63, 3.8) is 0 Å². The van der Waals surface area contributed by atoms with Gasteiger partial charge in [0.25, 0.3) is 0 Å². The molecule has 0 saturated heterocycles. The lowest BCUT2D eigenvalue weighted by atomic mass is 9.56. The summed E-state index contributed by atoms with van der Waals surface area (Å²) in [5.41, 5.74) is 5.40. The van der Waals surface area contributed by atoms with Gasteiger partial charge in [0, 0.05) is 18.4 Å². The van der Waals surface area contributed by atoms with Crippen LogP contribution in [0.2, 0.25) is 0 Å². The maximum atomic E-state index is 12.5. The number of ether oxygens (including phenoxy) is 1. The molecule has 0 radical (unpaired) electrons. The maximum Gasteiger partial charge on any atom is 0.166 e. The molecule has 0 heterocycles. The fourth-order valence-corrected chi connectivity index (χ4v) is 7.68. The topological polar surface area (TPSA) is 46.5 Å². The van der Waals surface area contributed by atoms with Crippen molar-refractivity contribution in [1.82, 2.24) is 0 Å². The van der Waals surface area contributed by atoms with Crippen LogP contribution in [0.3, 0.4) is 0 Å². The summed E-state index contributed by atoms with van der Waals surface area (Å²) >= 11 is 0. The number of aliphatic hydroxyl groups is 1. The van der Waals surface area contributed by atoms with E-state index >= 15 is 0 Å². The molecule has 1 N–H and O–H groups in total. The first-order chi connectivity index (χ1) is 18.0. The largest absolute Gasteiger partial charge is 0.512 e. The summed E-state index contributed by atoms with van der Waals surface area (Å²) in [5.74, 6) is 2.98. The van der Waals surface area contributed by atoms with Crippen molar-refractivity contribution >= 4 is 22.1 Å². The molecule has 3 aliphatic carbocycles. The van der Waals surface area contributed by atoms with Gasteiger partial charge in [0.1, 0.15) is 11.5 Å². The molecule has 3 aromatic rings. The fraction of sp³-hybridized carbons (Fsp3) is 0.441. The van der Waals surface area contributed by atoms with Gasteiger partial charge in [-0.1, -0.05) is 56.5 Å². The summed E-state index contributed by atoms with van der Waals surface area (Å²) in [6.07, 6.45) is 11.0. The van der Waals surface area contributed by atoms with Gasteiger partial charge in [-0.15, -0.1) is 0 Å². The van der Waals surface area contributed by atoms with Crippen molar-refractivity contribution in [2.75, 3.05) is 7.11 Å². The average Bonchev–Trinajstić information content (AvgIpc) is 2.92. The highest BCUT2D eigenvalue weighted by Gasteiger charge is 2.45. The highest BCUT2D eigenvalue weighted by molar-refractivity contribution is 6.22. The minimum Gasteiger partial charge on any atom is -0.512 e. The lowest BCUT2D eigenvalue weighted by molar-refractivity contribution is -0.114. The summed E-state index contributed by atoms with van der Waals surface area (Å²) in [7, 11) is 1.81. The van der Waals surface area contributed by atoms with Crippen LogP contribution >= 0.6 is 0 Å². The van der Waals surface area contributed by atoms with Crippen LogP contribution in [0.5, 0.6) is 5.75 Å². The molecule has 2 saturated carbocycles. The quantitative estimate of drug-likeness (QED) is 0.385. The van der Waals surface area contributed by atoms with Crippen LogP contribution in [0.4, 0.5) is 0 Å². The number of hydrogen-bond acceptors (Lipinski definition) is 3. The Morgan fingerprint density at radius 3 is 2.41 bits per heavy atom. The third-order valence-corrected chi connectivity index (χ3v) is 9.49. The Bertz CT molecular complexity index is 1380. The number of aliphatic hydroxyl groups excluding tert-OH is 1. The predicted molar refractivity (Wildman–Crippen MR) is 151 cm³/mol. The number of ketones is 1. The molecule has 2 bridgehead atoms. The number of hydrogen-bond donors (Lipinski definition) is 1. The SMILES string of the molecule is CCC1CC2CCCC(c3cc(-c4ccc5cc(C6=C(O)CCCC6=O)ccc5c4)ccc3OC)(C1)C2. The number of methoxy groups -OCH3 is 1. The van der Waals surface area contributed by atoms with Gasteiger partial charge in [-0.3, -0.25) is 4.79 Å². The van der Waals surface area contributed by atoms with Gasteiger partial charge in [-0.2, -0.15) is 0 Å². The number of carbonyl (C=O) groups is 1. The van der Waals surface area contributed by atoms with Crippen LogP contribution in [-0.2, 0) is 10.2 Å². The Balaban J connectivity index is 1.38. The molecule has 0 spiro atoms. The number of benzene rings is 3. The van der Waals surface area contributed by atoms with E-state index in [9.17, 15) is 9.90 Å². The minimum absolute atomic E-state index is 0.0443. The second-order valence-corrected chi connectivity index (χ2v) is 11.7. The molecule has 0 amide bonds. The van der Waals surface area contributed by atoms with Crippen LogP contribution in [-0.4, -0.2) is 18.0 Å². The molecule has 192 valence electrons. The smallest absolute Gasteiger partial charge is 0.166 e. The van der Waals surface area contributed by atoms with Crippen molar-refractivity contribution in [3.8, 4) is 16.9 Å². The highest BCUT2D eigenvalue weighted by Crippen LogP contribution is 2.55. The molecule has 0 aliphatic heterocycles. The molecule has 3 unspecified atom stereocenters. The first-order valence-corrected chi connectivity index (χ1v) is 14.2. The van der Waals surface area contributed by atoms with Gasteiger partial charge in [0.2, 0.25) is 0 Å².